The number of carbonyl (C=O) groups excluding carboxylic acids is 1. The Morgan fingerprint density at radius 2 is 1.77 bits per heavy atom. The van der Waals surface area contributed by atoms with Crippen molar-refractivity contribution >= 4 is 27.6 Å². The van der Waals surface area contributed by atoms with E-state index in [0.717, 1.165) is 38.6 Å². The molecule has 3 aromatic carbocycles. The maximum Gasteiger partial charge on any atom is 0.287 e. The summed E-state index contributed by atoms with van der Waals surface area (Å²) in [5.41, 5.74) is 2.62. The van der Waals surface area contributed by atoms with Gasteiger partial charge in [-0.25, -0.2) is 0 Å². The molecule has 1 amide bonds. The summed E-state index contributed by atoms with van der Waals surface area (Å²) in [5, 5.41) is 6.01. The van der Waals surface area contributed by atoms with Crippen LogP contribution in [0.1, 0.15) is 21.7 Å². The van der Waals surface area contributed by atoms with Crippen LogP contribution in [-0.4, -0.2) is 13.0 Å². The van der Waals surface area contributed by atoms with Crippen LogP contribution in [0.3, 0.4) is 0 Å². The predicted octanol–water partition coefficient (Wildman–Crippen LogP) is 4.83. The Morgan fingerprint density at radius 3 is 2.54 bits per heavy atom. The van der Waals surface area contributed by atoms with Gasteiger partial charge in [-0.15, -0.1) is 0 Å². The number of ether oxygens (including phenoxy) is 1. The minimum absolute atomic E-state index is 0.210. The molecule has 0 saturated carbocycles. The van der Waals surface area contributed by atoms with Gasteiger partial charge in [-0.05, 0) is 30.0 Å². The van der Waals surface area contributed by atoms with E-state index in [1.165, 1.54) is 0 Å². The quantitative estimate of drug-likeness (QED) is 0.576. The van der Waals surface area contributed by atoms with Crippen LogP contribution in [0, 0.1) is 6.92 Å². The summed E-state index contributed by atoms with van der Waals surface area (Å²) >= 11 is 0. The highest BCUT2D eigenvalue weighted by atomic mass is 16.5. The Kier molecular flexibility index (Phi) is 4.09. The maximum atomic E-state index is 12.6. The van der Waals surface area contributed by atoms with Gasteiger partial charge in [-0.2, -0.15) is 0 Å². The molecule has 0 saturated heterocycles. The summed E-state index contributed by atoms with van der Waals surface area (Å²) in [6.45, 7) is 2.35. The molecule has 0 aliphatic carbocycles. The van der Waals surface area contributed by atoms with Gasteiger partial charge < -0.3 is 14.5 Å². The van der Waals surface area contributed by atoms with Crippen LogP contribution in [0.4, 0.5) is 0 Å². The van der Waals surface area contributed by atoms with Crippen molar-refractivity contribution in [1.82, 2.24) is 5.32 Å². The summed E-state index contributed by atoms with van der Waals surface area (Å²) in [4.78, 5) is 12.6. The number of amides is 1. The second kappa shape index (κ2) is 6.56. The fourth-order valence-electron chi connectivity index (χ4n) is 3.17. The molecule has 4 heteroatoms. The minimum atomic E-state index is -0.210. The van der Waals surface area contributed by atoms with Crippen molar-refractivity contribution in [3.05, 3.63) is 77.6 Å². The zero-order chi connectivity index (χ0) is 18.1. The van der Waals surface area contributed by atoms with Gasteiger partial charge in [-0.3, -0.25) is 4.79 Å². The van der Waals surface area contributed by atoms with Gasteiger partial charge in [0.15, 0.2) is 5.76 Å². The first-order valence-electron chi connectivity index (χ1n) is 8.49. The van der Waals surface area contributed by atoms with Crippen molar-refractivity contribution in [3.63, 3.8) is 0 Å². The molecule has 4 rings (SSSR count). The van der Waals surface area contributed by atoms with Crippen LogP contribution in [0.25, 0.3) is 21.7 Å². The first kappa shape index (κ1) is 16.2. The third kappa shape index (κ3) is 2.80. The van der Waals surface area contributed by atoms with Crippen molar-refractivity contribution in [2.75, 3.05) is 7.11 Å². The second-order valence-electron chi connectivity index (χ2n) is 6.25. The Balaban J connectivity index is 1.62. The number of fused-ring (bicyclic) bond motifs is 3. The molecule has 4 aromatic rings. The number of hydrogen-bond donors (Lipinski definition) is 1. The largest absolute Gasteiger partial charge is 0.497 e. The molecule has 0 aliphatic heterocycles. The Bertz CT molecular complexity index is 1090. The molecule has 0 atom stereocenters. The average Bonchev–Trinajstić information content (AvgIpc) is 3.04. The monoisotopic (exact) mass is 345 g/mol. The van der Waals surface area contributed by atoms with Crippen LogP contribution in [0.15, 0.2) is 65.1 Å². The van der Waals surface area contributed by atoms with Crippen molar-refractivity contribution < 1.29 is 13.9 Å². The van der Waals surface area contributed by atoms with E-state index in [1.54, 1.807) is 7.11 Å². The zero-order valence-electron chi connectivity index (χ0n) is 14.7. The maximum absolute atomic E-state index is 12.6. The molecule has 0 aliphatic rings. The van der Waals surface area contributed by atoms with E-state index >= 15 is 0 Å². The van der Waals surface area contributed by atoms with Gasteiger partial charge in [0.2, 0.25) is 0 Å². The molecule has 4 nitrogen and oxygen atoms in total. The number of aryl methyl sites for hydroxylation is 1. The highest BCUT2D eigenvalue weighted by Gasteiger charge is 2.18. The highest BCUT2D eigenvalue weighted by molar-refractivity contribution is 6.08. The summed E-state index contributed by atoms with van der Waals surface area (Å²) in [6, 6.07) is 19.7. The van der Waals surface area contributed by atoms with E-state index in [0.29, 0.717) is 12.3 Å². The molecule has 1 heterocycles. The second-order valence-corrected chi connectivity index (χ2v) is 6.25. The lowest BCUT2D eigenvalue weighted by molar-refractivity contribution is 0.0924. The van der Waals surface area contributed by atoms with Gasteiger partial charge in [0.05, 0.1) is 7.11 Å². The lowest BCUT2D eigenvalue weighted by Crippen LogP contribution is -2.22. The van der Waals surface area contributed by atoms with Gasteiger partial charge >= 0.3 is 0 Å². The smallest absolute Gasteiger partial charge is 0.287 e. The van der Waals surface area contributed by atoms with E-state index in [-0.39, 0.29) is 5.91 Å². The van der Waals surface area contributed by atoms with Crippen LogP contribution >= 0.6 is 0 Å². The molecule has 0 radical (unpaired) electrons. The fraction of sp³-hybridized carbons (Fsp3) is 0.136. The molecular weight excluding hydrogens is 326 g/mol. The Morgan fingerprint density at radius 1 is 1.00 bits per heavy atom. The summed E-state index contributed by atoms with van der Waals surface area (Å²) in [7, 11) is 1.63. The normalized spacial score (nSPS) is 11.0. The third-order valence-corrected chi connectivity index (χ3v) is 4.65. The molecule has 0 bridgehead atoms. The minimum Gasteiger partial charge on any atom is -0.497 e. The van der Waals surface area contributed by atoms with Crippen LogP contribution in [0.5, 0.6) is 5.75 Å². The predicted molar refractivity (Wildman–Crippen MR) is 103 cm³/mol. The Hall–Kier alpha value is -3.27. The zero-order valence-corrected chi connectivity index (χ0v) is 14.7. The van der Waals surface area contributed by atoms with E-state index in [4.69, 9.17) is 9.15 Å². The summed E-state index contributed by atoms with van der Waals surface area (Å²) in [6.07, 6.45) is 0. The SMILES string of the molecule is COc1ccc(CNC(=O)c2oc3c(ccc4ccccc43)c2C)cc1. The highest BCUT2D eigenvalue weighted by Crippen LogP contribution is 2.31. The van der Waals surface area contributed by atoms with Crippen molar-refractivity contribution in [2.45, 2.75) is 13.5 Å². The molecule has 26 heavy (non-hydrogen) atoms. The van der Waals surface area contributed by atoms with Crippen molar-refractivity contribution in [3.8, 4) is 5.75 Å². The van der Waals surface area contributed by atoms with E-state index in [9.17, 15) is 4.79 Å². The molecule has 0 spiro atoms. The average molecular weight is 345 g/mol. The van der Waals surface area contributed by atoms with Crippen LogP contribution in [0.2, 0.25) is 0 Å². The fourth-order valence-corrected chi connectivity index (χ4v) is 3.17. The summed E-state index contributed by atoms with van der Waals surface area (Å²) < 4.78 is 11.1. The Labute approximate surface area is 151 Å². The first-order chi connectivity index (χ1) is 12.7. The van der Waals surface area contributed by atoms with Gasteiger partial charge in [0.1, 0.15) is 11.3 Å². The summed E-state index contributed by atoms with van der Waals surface area (Å²) in [5.74, 6) is 0.948. The van der Waals surface area contributed by atoms with E-state index in [2.05, 4.69) is 11.4 Å². The van der Waals surface area contributed by atoms with E-state index < -0.39 is 0 Å². The third-order valence-electron chi connectivity index (χ3n) is 4.65. The van der Waals surface area contributed by atoms with Crippen molar-refractivity contribution in [1.29, 1.82) is 0 Å². The van der Waals surface area contributed by atoms with Gasteiger partial charge in [0.25, 0.3) is 5.91 Å². The standard InChI is InChI=1S/C22H19NO3/c1-14-18-12-9-16-5-3-4-6-19(16)21(18)26-20(14)22(24)23-13-15-7-10-17(25-2)11-8-15/h3-12H,13H2,1-2H3,(H,23,24). The number of hydrogen-bond acceptors (Lipinski definition) is 3. The van der Waals surface area contributed by atoms with Crippen LogP contribution in [-0.2, 0) is 6.54 Å². The lowest BCUT2D eigenvalue weighted by Gasteiger charge is -2.05. The molecular formula is C22H19NO3. The number of rotatable bonds is 4. The molecule has 1 N–H and O–H groups in total. The molecule has 0 unspecified atom stereocenters. The topological polar surface area (TPSA) is 51.5 Å². The van der Waals surface area contributed by atoms with Gasteiger partial charge in [0, 0.05) is 22.9 Å². The number of nitrogens with one attached hydrogen (secondary N) is 1. The van der Waals surface area contributed by atoms with Crippen LogP contribution < -0.4 is 10.1 Å². The number of methoxy groups -OCH3 is 1. The molecule has 130 valence electrons. The molecule has 1 aromatic heterocycles. The van der Waals surface area contributed by atoms with E-state index in [1.807, 2.05) is 61.5 Å². The number of benzene rings is 3. The number of furan rings is 1. The number of carbonyl (C=O) groups is 1. The van der Waals surface area contributed by atoms with Crippen molar-refractivity contribution in [2.24, 2.45) is 0 Å². The molecule has 0 fully saturated rings. The lowest BCUT2D eigenvalue weighted by atomic mass is 10.1. The first-order valence-corrected chi connectivity index (χ1v) is 8.49. The van der Waals surface area contributed by atoms with Gasteiger partial charge in [-0.1, -0.05) is 48.5 Å².